The molecule has 0 N–H and O–H groups in total. The van der Waals surface area contributed by atoms with Crippen LogP contribution in [0.4, 0.5) is 0 Å². The predicted octanol–water partition coefficient (Wildman–Crippen LogP) is 3.94. The molecular formula is C14H13NS. The van der Waals surface area contributed by atoms with Crippen molar-refractivity contribution >= 4 is 22.7 Å². The van der Waals surface area contributed by atoms with Crippen molar-refractivity contribution in [2.45, 2.75) is 0 Å². The molecule has 0 aliphatic rings. The lowest BCUT2D eigenvalue weighted by Crippen LogP contribution is -1.80. The first-order valence-electron chi connectivity index (χ1n) is 5.11. The molecule has 0 spiro atoms. The lowest BCUT2D eigenvalue weighted by Gasteiger charge is -2.04. The first kappa shape index (κ1) is 11.0. The van der Waals surface area contributed by atoms with Crippen LogP contribution in [0.15, 0.2) is 54.9 Å². The van der Waals surface area contributed by atoms with Crippen molar-refractivity contribution in [3.05, 3.63) is 66.0 Å². The summed E-state index contributed by atoms with van der Waals surface area (Å²) in [6.45, 7) is 0. The van der Waals surface area contributed by atoms with E-state index in [1.807, 2.05) is 30.6 Å². The van der Waals surface area contributed by atoms with Crippen molar-refractivity contribution in [1.82, 2.24) is 4.98 Å². The second kappa shape index (κ2) is 5.52. The average molecular weight is 227 g/mol. The van der Waals surface area contributed by atoms with Gasteiger partial charge in [-0.05, 0) is 35.6 Å². The number of hydrogen-bond acceptors (Lipinski definition) is 2. The molecule has 2 aromatic rings. The van der Waals surface area contributed by atoms with E-state index in [0.717, 1.165) is 0 Å². The van der Waals surface area contributed by atoms with Crippen LogP contribution in [0.5, 0.6) is 0 Å². The van der Waals surface area contributed by atoms with E-state index in [9.17, 15) is 0 Å². The summed E-state index contributed by atoms with van der Waals surface area (Å²) in [4.78, 5) is 5.29. The molecule has 0 atom stereocenters. The topological polar surface area (TPSA) is 12.9 Å². The molecule has 0 amide bonds. The summed E-state index contributed by atoms with van der Waals surface area (Å²) in [5.74, 6) is 0. The van der Waals surface area contributed by atoms with Crippen LogP contribution < -0.4 is 0 Å². The van der Waals surface area contributed by atoms with Crippen LogP contribution >= 0.6 is 11.8 Å². The zero-order valence-corrected chi connectivity index (χ0v) is 9.95. The molecule has 0 fully saturated rings. The summed E-state index contributed by atoms with van der Waals surface area (Å²) in [6, 6.07) is 14.4. The van der Waals surface area contributed by atoms with Gasteiger partial charge in [-0.3, -0.25) is 4.98 Å². The third kappa shape index (κ3) is 2.74. The fraction of sp³-hybridized carbons (Fsp3) is 0.0714. The molecule has 0 saturated carbocycles. The van der Waals surface area contributed by atoms with E-state index in [1.54, 1.807) is 11.8 Å². The molecule has 0 radical (unpaired) electrons. The van der Waals surface area contributed by atoms with Gasteiger partial charge in [0.25, 0.3) is 0 Å². The maximum Gasteiger partial charge on any atom is 0.0273 e. The molecule has 1 nitrogen and oxygen atoms in total. The van der Waals surface area contributed by atoms with Crippen molar-refractivity contribution in [1.29, 1.82) is 0 Å². The lowest BCUT2D eigenvalue weighted by atomic mass is 10.1. The van der Waals surface area contributed by atoms with Crippen molar-refractivity contribution in [3.63, 3.8) is 0 Å². The number of benzene rings is 1. The molecule has 0 saturated heterocycles. The Bertz CT molecular complexity index is 463. The van der Waals surface area contributed by atoms with Crippen molar-refractivity contribution in [2.75, 3.05) is 6.26 Å². The van der Waals surface area contributed by atoms with E-state index < -0.39 is 0 Å². The number of pyridine rings is 1. The summed E-state index contributed by atoms with van der Waals surface area (Å²) in [6.07, 6.45) is 7.91. The van der Waals surface area contributed by atoms with Gasteiger partial charge in [-0.25, -0.2) is 0 Å². The minimum absolute atomic E-state index is 1.18. The van der Waals surface area contributed by atoms with Gasteiger partial charge in [-0.2, -0.15) is 0 Å². The second-order valence-electron chi connectivity index (χ2n) is 3.36. The van der Waals surface area contributed by atoms with Gasteiger partial charge in [0.2, 0.25) is 0 Å². The van der Waals surface area contributed by atoms with Gasteiger partial charge in [-0.1, -0.05) is 30.3 Å². The van der Waals surface area contributed by atoms with Crippen molar-refractivity contribution in [3.8, 4) is 0 Å². The number of aromatic nitrogens is 1. The molecule has 1 aromatic heterocycles. The molecule has 1 heterocycles. The van der Waals surface area contributed by atoms with Gasteiger partial charge < -0.3 is 0 Å². The first-order valence-corrected chi connectivity index (χ1v) is 6.34. The molecule has 0 unspecified atom stereocenters. The summed E-state index contributed by atoms with van der Waals surface area (Å²) < 4.78 is 0. The Morgan fingerprint density at radius 1 is 1.06 bits per heavy atom. The predicted molar refractivity (Wildman–Crippen MR) is 72.1 cm³/mol. The van der Waals surface area contributed by atoms with Gasteiger partial charge >= 0.3 is 0 Å². The molecule has 1 aromatic carbocycles. The van der Waals surface area contributed by atoms with Crippen LogP contribution in [0.2, 0.25) is 0 Å². The maximum absolute atomic E-state index is 4.02. The standard InChI is InChI=1S/C14H13NS/c1-16-14(13-5-3-2-4-6-13)11-12-7-9-15-10-8-12/h2-11H,1H3/b14-11-. The van der Waals surface area contributed by atoms with Crippen LogP contribution in [0.1, 0.15) is 11.1 Å². The lowest BCUT2D eigenvalue weighted by molar-refractivity contribution is 1.32. The fourth-order valence-electron chi connectivity index (χ4n) is 1.47. The average Bonchev–Trinajstić information content (AvgIpc) is 2.38. The number of nitrogens with zero attached hydrogens (tertiary/aromatic N) is 1. The molecule has 80 valence electrons. The van der Waals surface area contributed by atoms with Crippen LogP contribution in [-0.4, -0.2) is 11.2 Å². The minimum atomic E-state index is 1.18. The number of thioether (sulfide) groups is 1. The summed E-state index contributed by atoms with van der Waals surface area (Å²) in [7, 11) is 0. The smallest absolute Gasteiger partial charge is 0.0273 e. The van der Waals surface area contributed by atoms with E-state index >= 15 is 0 Å². The van der Waals surface area contributed by atoms with Crippen LogP contribution in [0.25, 0.3) is 11.0 Å². The number of hydrogen-bond donors (Lipinski definition) is 0. The van der Waals surface area contributed by atoms with E-state index in [-0.39, 0.29) is 0 Å². The monoisotopic (exact) mass is 227 g/mol. The quantitative estimate of drug-likeness (QED) is 0.787. The normalized spacial score (nSPS) is 11.4. The molecule has 2 rings (SSSR count). The largest absolute Gasteiger partial charge is 0.265 e. The first-order chi connectivity index (χ1) is 7.90. The van der Waals surface area contributed by atoms with Crippen molar-refractivity contribution in [2.24, 2.45) is 0 Å². The highest BCUT2D eigenvalue weighted by Gasteiger charge is 1.98. The molecule has 0 aliphatic carbocycles. The Kier molecular flexibility index (Phi) is 3.78. The van der Waals surface area contributed by atoms with Gasteiger partial charge in [-0.15, -0.1) is 11.8 Å². The van der Waals surface area contributed by atoms with Crippen molar-refractivity contribution < 1.29 is 0 Å². The molecular weight excluding hydrogens is 214 g/mol. The fourth-order valence-corrected chi connectivity index (χ4v) is 2.10. The number of rotatable bonds is 3. The molecule has 0 bridgehead atoms. The van der Waals surface area contributed by atoms with Gasteiger partial charge in [0.1, 0.15) is 0 Å². The van der Waals surface area contributed by atoms with E-state index in [4.69, 9.17) is 0 Å². The SMILES string of the molecule is CS/C(=C\c1ccncc1)c1ccccc1. The highest BCUT2D eigenvalue weighted by Crippen LogP contribution is 2.27. The Hall–Kier alpha value is -1.54. The Labute approximate surface area is 100 Å². The van der Waals surface area contributed by atoms with E-state index in [1.165, 1.54) is 16.0 Å². The second-order valence-corrected chi connectivity index (χ2v) is 4.21. The highest BCUT2D eigenvalue weighted by molar-refractivity contribution is 8.07. The van der Waals surface area contributed by atoms with Crippen LogP contribution in [-0.2, 0) is 0 Å². The molecule has 16 heavy (non-hydrogen) atoms. The summed E-state index contributed by atoms with van der Waals surface area (Å²) in [5, 5.41) is 0. The van der Waals surface area contributed by atoms with Gasteiger partial charge in [0.15, 0.2) is 0 Å². The minimum Gasteiger partial charge on any atom is -0.265 e. The molecule has 2 heteroatoms. The third-order valence-electron chi connectivity index (χ3n) is 2.28. The zero-order chi connectivity index (χ0) is 11.2. The van der Waals surface area contributed by atoms with E-state index in [0.29, 0.717) is 0 Å². The summed E-state index contributed by atoms with van der Waals surface area (Å²) in [5.41, 5.74) is 2.44. The van der Waals surface area contributed by atoms with Crippen LogP contribution in [0.3, 0.4) is 0 Å². The Morgan fingerprint density at radius 3 is 2.38 bits per heavy atom. The Morgan fingerprint density at radius 2 is 1.75 bits per heavy atom. The highest BCUT2D eigenvalue weighted by atomic mass is 32.2. The van der Waals surface area contributed by atoms with Gasteiger partial charge in [0, 0.05) is 17.3 Å². The third-order valence-corrected chi connectivity index (χ3v) is 3.08. The van der Waals surface area contributed by atoms with Gasteiger partial charge in [0.05, 0.1) is 0 Å². The van der Waals surface area contributed by atoms with Crippen LogP contribution in [0, 0.1) is 0 Å². The van der Waals surface area contributed by atoms with E-state index in [2.05, 4.69) is 41.6 Å². The maximum atomic E-state index is 4.02. The Balaban J connectivity index is 2.34. The summed E-state index contributed by atoms with van der Waals surface area (Å²) >= 11 is 1.76. The molecule has 0 aliphatic heterocycles. The zero-order valence-electron chi connectivity index (χ0n) is 9.13.